The summed E-state index contributed by atoms with van der Waals surface area (Å²) in [6.45, 7) is 5.65. The van der Waals surface area contributed by atoms with Crippen LogP contribution in [0.5, 0.6) is 0 Å². The van der Waals surface area contributed by atoms with E-state index in [0.717, 1.165) is 18.4 Å². The van der Waals surface area contributed by atoms with Crippen LogP contribution in [0.25, 0.3) is 0 Å². The van der Waals surface area contributed by atoms with Crippen molar-refractivity contribution in [1.82, 2.24) is 0 Å². The van der Waals surface area contributed by atoms with Crippen LogP contribution in [0.4, 0.5) is 0 Å². The fourth-order valence-electron chi connectivity index (χ4n) is 2.30. The molecule has 0 aromatic heterocycles. The first-order valence-corrected chi connectivity index (χ1v) is 6.47. The van der Waals surface area contributed by atoms with E-state index in [4.69, 9.17) is 4.74 Å². The Hall–Kier alpha value is -1.15. The van der Waals surface area contributed by atoms with Gasteiger partial charge in [-0.3, -0.25) is 4.79 Å². The van der Waals surface area contributed by atoms with Gasteiger partial charge >= 0.3 is 0 Å². The summed E-state index contributed by atoms with van der Waals surface area (Å²) in [5, 5.41) is 0. The summed E-state index contributed by atoms with van der Waals surface area (Å²) in [5.74, 6) is 0.792. The predicted octanol–water partition coefficient (Wildman–Crippen LogP) is 3.73. The van der Waals surface area contributed by atoms with Crippen molar-refractivity contribution < 1.29 is 9.53 Å². The first-order chi connectivity index (χ1) is 8.24. The van der Waals surface area contributed by atoms with E-state index in [1.54, 1.807) is 0 Å². The van der Waals surface area contributed by atoms with E-state index in [0.29, 0.717) is 25.6 Å². The average molecular weight is 232 g/mol. The number of benzene rings is 1. The number of ketones is 1. The molecule has 92 valence electrons. The van der Waals surface area contributed by atoms with Gasteiger partial charge in [-0.05, 0) is 23.1 Å². The molecule has 2 heteroatoms. The summed E-state index contributed by atoms with van der Waals surface area (Å²) < 4.78 is 5.36. The van der Waals surface area contributed by atoms with Crippen LogP contribution in [0.15, 0.2) is 18.2 Å². The Morgan fingerprint density at radius 3 is 2.65 bits per heavy atom. The highest BCUT2D eigenvalue weighted by atomic mass is 16.5. The first-order valence-electron chi connectivity index (χ1n) is 6.47. The van der Waals surface area contributed by atoms with Gasteiger partial charge in [0.25, 0.3) is 0 Å². The lowest BCUT2D eigenvalue weighted by atomic mass is 9.93. The molecule has 0 atom stereocenters. The van der Waals surface area contributed by atoms with Gasteiger partial charge in [0.05, 0.1) is 13.2 Å². The second-order valence-electron chi connectivity index (χ2n) is 4.79. The van der Waals surface area contributed by atoms with E-state index in [-0.39, 0.29) is 5.78 Å². The number of carbonyl (C=O) groups is 1. The van der Waals surface area contributed by atoms with Crippen LogP contribution in [0.2, 0.25) is 0 Å². The van der Waals surface area contributed by atoms with Gasteiger partial charge in [0.2, 0.25) is 0 Å². The van der Waals surface area contributed by atoms with Crippen molar-refractivity contribution in [2.24, 2.45) is 5.92 Å². The number of ether oxygens (including phenoxy) is 1. The van der Waals surface area contributed by atoms with Gasteiger partial charge in [-0.25, -0.2) is 0 Å². The number of hydrogen-bond acceptors (Lipinski definition) is 2. The van der Waals surface area contributed by atoms with Crippen molar-refractivity contribution in [1.29, 1.82) is 0 Å². The van der Waals surface area contributed by atoms with E-state index in [1.807, 2.05) is 18.2 Å². The number of Topliss-reactive ketones (excluding diaryl/α,β-unsaturated/α-hetero) is 1. The van der Waals surface area contributed by atoms with E-state index < -0.39 is 0 Å². The topological polar surface area (TPSA) is 26.3 Å². The Labute approximate surface area is 103 Å². The molecule has 1 heterocycles. The minimum absolute atomic E-state index is 0.272. The molecule has 0 amide bonds. The quantitative estimate of drug-likeness (QED) is 0.723. The second kappa shape index (κ2) is 5.46. The highest BCUT2D eigenvalue weighted by Crippen LogP contribution is 2.23. The molecule has 1 aromatic carbocycles. The summed E-state index contributed by atoms with van der Waals surface area (Å²) in [7, 11) is 0. The molecule has 17 heavy (non-hydrogen) atoms. The largest absolute Gasteiger partial charge is 0.372 e. The van der Waals surface area contributed by atoms with Gasteiger partial charge in [-0.2, -0.15) is 0 Å². The third kappa shape index (κ3) is 2.75. The molecule has 0 spiro atoms. The monoisotopic (exact) mass is 232 g/mol. The summed E-state index contributed by atoms with van der Waals surface area (Å²) in [6, 6.07) is 5.98. The lowest BCUT2D eigenvalue weighted by Crippen LogP contribution is -2.08. The van der Waals surface area contributed by atoms with Gasteiger partial charge in [-0.1, -0.05) is 38.8 Å². The molecular formula is C15H20O2. The van der Waals surface area contributed by atoms with Crippen molar-refractivity contribution in [3.63, 3.8) is 0 Å². The Morgan fingerprint density at radius 2 is 1.94 bits per heavy atom. The average Bonchev–Trinajstić information content (AvgIpc) is 2.82. The van der Waals surface area contributed by atoms with E-state index in [9.17, 15) is 4.79 Å². The molecule has 2 nitrogen and oxygen atoms in total. The van der Waals surface area contributed by atoms with Crippen LogP contribution in [0, 0.1) is 5.92 Å². The van der Waals surface area contributed by atoms with Crippen molar-refractivity contribution in [2.75, 3.05) is 0 Å². The minimum Gasteiger partial charge on any atom is -0.372 e. The molecule has 1 aliphatic heterocycles. The summed E-state index contributed by atoms with van der Waals surface area (Å²) in [4.78, 5) is 12.1. The molecule has 0 bridgehead atoms. The molecule has 1 aromatic rings. The lowest BCUT2D eigenvalue weighted by molar-refractivity contribution is 0.0958. The van der Waals surface area contributed by atoms with Crippen LogP contribution in [-0.2, 0) is 18.0 Å². The number of hydrogen-bond donors (Lipinski definition) is 0. The van der Waals surface area contributed by atoms with E-state index in [2.05, 4.69) is 13.8 Å². The smallest absolute Gasteiger partial charge is 0.163 e. The third-order valence-electron chi connectivity index (χ3n) is 3.67. The predicted molar refractivity (Wildman–Crippen MR) is 68.0 cm³/mol. The number of carbonyl (C=O) groups excluding carboxylic acids is 1. The molecule has 0 N–H and O–H groups in total. The fraction of sp³-hybridized carbons (Fsp3) is 0.533. The van der Waals surface area contributed by atoms with Gasteiger partial charge in [0.1, 0.15) is 0 Å². The molecule has 1 aliphatic rings. The summed E-state index contributed by atoms with van der Waals surface area (Å²) in [6.07, 6.45) is 2.83. The maximum absolute atomic E-state index is 12.1. The van der Waals surface area contributed by atoms with Gasteiger partial charge in [-0.15, -0.1) is 0 Å². The van der Waals surface area contributed by atoms with Crippen LogP contribution in [0.1, 0.15) is 54.6 Å². The van der Waals surface area contributed by atoms with Crippen LogP contribution in [0.3, 0.4) is 0 Å². The van der Waals surface area contributed by atoms with Crippen molar-refractivity contribution in [3.8, 4) is 0 Å². The molecule has 2 rings (SSSR count). The lowest BCUT2D eigenvalue weighted by Gasteiger charge is -2.11. The SMILES string of the molecule is CCC(CC)CC(=O)c1ccc2c(c1)COC2. The van der Waals surface area contributed by atoms with Gasteiger partial charge in [0, 0.05) is 12.0 Å². The molecular weight excluding hydrogens is 212 g/mol. The zero-order valence-electron chi connectivity index (χ0n) is 10.7. The van der Waals surface area contributed by atoms with E-state index in [1.165, 1.54) is 11.1 Å². The van der Waals surface area contributed by atoms with Crippen LogP contribution in [-0.4, -0.2) is 5.78 Å². The molecule has 0 unspecified atom stereocenters. The third-order valence-corrected chi connectivity index (χ3v) is 3.67. The number of rotatable bonds is 5. The minimum atomic E-state index is 0.272. The number of fused-ring (bicyclic) bond motifs is 1. The second-order valence-corrected chi connectivity index (χ2v) is 4.79. The molecule has 0 aliphatic carbocycles. The van der Waals surface area contributed by atoms with E-state index >= 15 is 0 Å². The molecule has 0 saturated carbocycles. The fourth-order valence-corrected chi connectivity index (χ4v) is 2.30. The standard InChI is InChI=1S/C15H20O2/c1-3-11(4-2)7-15(16)12-5-6-13-9-17-10-14(13)8-12/h5-6,8,11H,3-4,7,9-10H2,1-2H3. The Morgan fingerprint density at radius 1 is 1.24 bits per heavy atom. The summed E-state index contributed by atoms with van der Waals surface area (Å²) >= 11 is 0. The maximum Gasteiger partial charge on any atom is 0.163 e. The first kappa shape index (κ1) is 12.3. The van der Waals surface area contributed by atoms with Crippen molar-refractivity contribution in [3.05, 3.63) is 34.9 Å². The Bertz CT molecular complexity index is 405. The van der Waals surface area contributed by atoms with Crippen LogP contribution < -0.4 is 0 Å². The molecule has 0 saturated heterocycles. The highest BCUT2D eigenvalue weighted by Gasteiger charge is 2.16. The zero-order chi connectivity index (χ0) is 12.3. The zero-order valence-corrected chi connectivity index (χ0v) is 10.7. The van der Waals surface area contributed by atoms with Crippen molar-refractivity contribution in [2.45, 2.75) is 46.3 Å². The Kier molecular flexibility index (Phi) is 3.95. The van der Waals surface area contributed by atoms with Crippen molar-refractivity contribution >= 4 is 5.78 Å². The maximum atomic E-state index is 12.1. The van der Waals surface area contributed by atoms with Crippen LogP contribution >= 0.6 is 0 Å². The normalized spacial score (nSPS) is 14.1. The molecule has 0 fully saturated rings. The Balaban J connectivity index is 2.09. The summed E-state index contributed by atoms with van der Waals surface area (Å²) in [5.41, 5.74) is 3.26. The molecule has 0 radical (unpaired) electrons. The van der Waals surface area contributed by atoms with Gasteiger partial charge in [0.15, 0.2) is 5.78 Å². The van der Waals surface area contributed by atoms with Gasteiger partial charge < -0.3 is 4.74 Å². The highest BCUT2D eigenvalue weighted by molar-refractivity contribution is 5.96.